The molecule has 2 aliphatic heterocycles. The predicted octanol–water partition coefficient (Wildman–Crippen LogP) is 6.45. The first kappa shape index (κ1) is 36.1. The Balaban J connectivity index is 1.68. The summed E-state index contributed by atoms with van der Waals surface area (Å²) in [5.41, 5.74) is 1.42. The lowest BCUT2D eigenvalue weighted by Crippen LogP contribution is -2.66. The van der Waals surface area contributed by atoms with Crippen LogP contribution in [0.3, 0.4) is 0 Å². The maximum atomic E-state index is 15.7. The number of carbonyl (C=O) groups excluding carboxylic acids is 2. The van der Waals surface area contributed by atoms with Crippen LogP contribution in [0.25, 0.3) is 28.0 Å². The first-order valence-electron chi connectivity index (χ1n) is 16.7. The van der Waals surface area contributed by atoms with Crippen molar-refractivity contribution in [3.63, 3.8) is 0 Å². The van der Waals surface area contributed by atoms with Crippen molar-refractivity contribution >= 4 is 46.0 Å². The van der Waals surface area contributed by atoms with Crippen molar-refractivity contribution in [2.24, 2.45) is 0 Å². The van der Waals surface area contributed by atoms with Crippen molar-refractivity contribution in [2.75, 3.05) is 43.8 Å². The van der Waals surface area contributed by atoms with E-state index in [9.17, 15) is 9.59 Å². The Kier molecular flexibility index (Phi) is 9.49. The SMILES string of the molecule is COCOc1cccc(F)c1-c1nc2c(cc1Cl)c1c(c(=O)n2-c2c(C)ccnc2C(C)C)N(C)C(=O)[C@H]2CN(C(=O)OC(C)(C)C)[C@H](C)CN12. The Morgan fingerprint density at radius 1 is 1.12 bits per heavy atom. The summed E-state index contributed by atoms with van der Waals surface area (Å²) in [6, 6.07) is 6.57. The number of piperazine rings is 1. The minimum Gasteiger partial charge on any atom is -0.467 e. The van der Waals surface area contributed by atoms with Crippen molar-refractivity contribution in [1.29, 1.82) is 0 Å². The summed E-state index contributed by atoms with van der Waals surface area (Å²) in [6.45, 7) is 13.1. The number of anilines is 2. The lowest BCUT2D eigenvalue weighted by molar-refractivity contribution is -0.121. The van der Waals surface area contributed by atoms with Crippen LogP contribution < -0.4 is 20.1 Å². The maximum Gasteiger partial charge on any atom is 0.410 e. The van der Waals surface area contributed by atoms with E-state index in [0.29, 0.717) is 22.5 Å². The van der Waals surface area contributed by atoms with Gasteiger partial charge in [-0.25, -0.2) is 14.2 Å². The molecular weight excluding hydrogens is 679 g/mol. The monoisotopic (exact) mass is 720 g/mol. The molecule has 0 saturated carbocycles. The second-order valence-electron chi connectivity index (χ2n) is 14.3. The van der Waals surface area contributed by atoms with Gasteiger partial charge >= 0.3 is 6.09 Å². The van der Waals surface area contributed by atoms with Gasteiger partial charge in [0.05, 0.1) is 39.9 Å². The molecule has 1 fully saturated rings. The van der Waals surface area contributed by atoms with Crippen LogP contribution in [-0.2, 0) is 14.3 Å². The average molecular weight is 721 g/mol. The molecule has 4 aromatic rings. The van der Waals surface area contributed by atoms with Crippen LogP contribution >= 0.6 is 11.6 Å². The molecule has 2 amide bonds. The minimum absolute atomic E-state index is 0.00469. The molecule has 270 valence electrons. The topological polar surface area (TPSA) is 119 Å². The van der Waals surface area contributed by atoms with E-state index < -0.39 is 35.2 Å². The zero-order valence-corrected chi connectivity index (χ0v) is 31.0. The van der Waals surface area contributed by atoms with Gasteiger partial charge in [-0.2, -0.15) is 0 Å². The molecule has 51 heavy (non-hydrogen) atoms. The molecule has 1 saturated heterocycles. The van der Waals surface area contributed by atoms with Crippen LogP contribution in [0, 0.1) is 12.7 Å². The fourth-order valence-corrected chi connectivity index (χ4v) is 7.08. The zero-order valence-electron chi connectivity index (χ0n) is 30.2. The average Bonchev–Trinajstić information content (AvgIpc) is 3.05. The number of amides is 2. The number of nitrogens with zero attached hydrogens (tertiary/aromatic N) is 6. The Morgan fingerprint density at radius 2 is 1.84 bits per heavy atom. The Labute approximate surface area is 300 Å². The third-order valence-electron chi connectivity index (χ3n) is 9.13. The van der Waals surface area contributed by atoms with E-state index >= 15 is 9.18 Å². The number of rotatable bonds is 6. The molecule has 12 nitrogen and oxygen atoms in total. The van der Waals surface area contributed by atoms with Crippen LogP contribution in [0.2, 0.25) is 5.02 Å². The fraction of sp³-hybridized carbons (Fsp3) is 0.432. The van der Waals surface area contributed by atoms with Crippen molar-refractivity contribution < 1.29 is 28.2 Å². The van der Waals surface area contributed by atoms with Gasteiger partial charge in [0.15, 0.2) is 12.4 Å². The van der Waals surface area contributed by atoms with Crippen LogP contribution in [0.1, 0.15) is 58.7 Å². The number of carbonyl (C=O) groups is 2. The molecule has 2 aliphatic rings. The van der Waals surface area contributed by atoms with E-state index in [1.807, 2.05) is 32.6 Å². The van der Waals surface area contributed by atoms with Gasteiger partial charge < -0.3 is 28.9 Å². The van der Waals surface area contributed by atoms with E-state index in [0.717, 1.165) is 5.56 Å². The van der Waals surface area contributed by atoms with E-state index in [1.54, 1.807) is 57.1 Å². The minimum atomic E-state index is -0.838. The molecule has 3 aromatic heterocycles. The molecule has 0 spiro atoms. The number of benzene rings is 1. The molecule has 2 atom stereocenters. The lowest BCUT2D eigenvalue weighted by atomic mass is 9.98. The van der Waals surface area contributed by atoms with Gasteiger partial charge in [-0.15, -0.1) is 0 Å². The Bertz CT molecular complexity index is 2110. The number of halogens is 2. The van der Waals surface area contributed by atoms with E-state index in [4.69, 9.17) is 30.8 Å². The normalized spacial score (nSPS) is 17.6. The van der Waals surface area contributed by atoms with Crippen molar-refractivity contribution in [3.8, 4) is 22.7 Å². The molecule has 5 heterocycles. The molecule has 1 aromatic carbocycles. The number of pyridine rings is 3. The first-order valence-corrected chi connectivity index (χ1v) is 17.1. The summed E-state index contributed by atoms with van der Waals surface area (Å²) in [6.07, 6.45) is 1.15. The van der Waals surface area contributed by atoms with Crippen LogP contribution in [-0.4, -0.2) is 83.2 Å². The summed E-state index contributed by atoms with van der Waals surface area (Å²) in [4.78, 5) is 56.9. The summed E-state index contributed by atoms with van der Waals surface area (Å²) in [5, 5.41) is 0.542. The quantitative estimate of drug-likeness (QED) is 0.207. The second kappa shape index (κ2) is 13.4. The summed E-state index contributed by atoms with van der Waals surface area (Å²) >= 11 is 7.02. The van der Waals surface area contributed by atoms with E-state index in [1.165, 1.54) is 28.7 Å². The molecule has 0 unspecified atom stereocenters. The Morgan fingerprint density at radius 3 is 2.51 bits per heavy atom. The summed E-state index contributed by atoms with van der Waals surface area (Å²) < 4.78 is 33.7. The Hall–Kier alpha value is -4.75. The number of hydrogen-bond acceptors (Lipinski definition) is 9. The summed E-state index contributed by atoms with van der Waals surface area (Å²) in [5.74, 6) is -0.951. The molecule has 0 aliphatic carbocycles. The van der Waals surface area contributed by atoms with Crippen molar-refractivity contribution in [1.82, 2.24) is 19.4 Å². The molecule has 0 bridgehead atoms. The number of fused-ring (bicyclic) bond motifs is 5. The van der Waals surface area contributed by atoms with Gasteiger partial charge in [0.2, 0.25) is 0 Å². The highest BCUT2D eigenvalue weighted by Crippen LogP contribution is 2.45. The number of aryl methyl sites for hydroxylation is 1. The molecule has 14 heteroatoms. The van der Waals surface area contributed by atoms with Gasteiger partial charge in [0, 0.05) is 38.3 Å². The van der Waals surface area contributed by atoms with Crippen LogP contribution in [0.15, 0.2) is 41.3 Å². The van der Waals surface area contributed by atoms with Crippen LogP contribution in [0.4, 0.5) is 20.6 Å². The van der Waals surface area contributed by atoms with Gasteiger partial charge in [-0.05, 0) is 70.4 Å². The second-order valence-corrected chi connectivity index (χ2v) is 14.7. The number of aromatic nitrogens is 3. The number of likely N-dealkylation sites (N-methyl/N-ethyl adjacent to an activating group) is 1. The standard InChI is InChI=1S/C37H42ClFN6O6/c1-19(2)28-30(20(3)13-14-40-28)45-33-22(15-23(38)29(41-33)27-24(39)11-10-12-26(27)50-18-49-9)31-32(35(45)47)42(8)34(46)25-17-43(21(4)16-44(25)31)36(48)51-37(5,6)7/h10-15,19,21,25H,16-18H2,1-9H3/t21-,25-/m1/s1. The lowest BCUT2D eigenvalue weighted by Gasteiger charge is -2.49. The van der Waals surface area contributed by atoms with Gasteiger partial charge in [0.1, 0.15) is 28.9 Å². The van der Waals surface area contributed by atoms with E-state index in [2.05, 4.69) is 4.98 Å². The van der Waals surface area contributed by atoms with Gasteiger partial charge in [0.25, 0.3) is 11.5 Å². The molecule has 0 N–H and O–H groups in total. The molecule has 6 rings (SSSR count). The highest BCUT2D eigenvalue weighted by molar-refractivity contribution is 6.34. The number of ether oxygens (including phenoxy) is 3. The smallest absolute Gasteiger partial charge is 0.410 e. The van der Waals surface area contributed by atoms with E-state index in [-0.39, 0.29) is 65.1 Å². The highest BCUT2D eigenvalue weighted by atomic mass is 35.5. The molecule has 0 radical (unpaired) electrons. The van der Waals surface area contributed by atoms with Gasteiger partial charge in [-0.1, -0.05) is 31.5 Å². The van der Waals surface area contributed by atoms with Crippen molar-refractivity contribution in [2.45, 2.75) is 72.1 Å². The highest BCUT2D eigenvalue weighted by Gasteiger charge is 2.47. The molecular formula is C37H42ClFN6O6. The zero-order chi connectivity index (χ0) is 37.1. The summed E-state index contributed by atoms with van der Waals surface area (Å²) in [7, 11) is 3.00. The van der Waals surface area contributed by atoms with Gasteiger partial charge in [-0.3, -0.25) is 19.1 Å². The largest absolute Gasteiger partial charge is 0.467 e. The number of hydrogen-bond donors (Lipinski definition) is 0. The maximum absolute atomic E-state index is 15.7. The van der Waals surface area contributed by atoms with Crippen molar-refractivity contribution in [3.05, 3.63) is 69.0 Å². The fourth-order valence-electron chi connectivity index (χ4n) is 6.83. The third kappa shape index (κ3) is 6.26. The third-order valence-corrected chi connectivity index (χ3v) is 9.42. The number of methoxy groups -OCH3 is 1. The first-order chi connectivity index (χ1) is 24.0. The predicted molar refractivity (Wildman–Crippen MR) is 194 cm³/mol. The van der Waals surface area contributed by atoms with Crippen LogP contribution in [0.5, 0.6) is 5.75 Å².